The van der Waals surface area contributed by atoms with Crippen LogP contribution in [0.2, 0.25) is 0 Å². The van der Waals surface area contributed by atoms with Crippen LogP contribution in [0.3, 0.4) is 0 Å². The first-order valence-electron chi connectivity index (χ1n) is 11.0. The Kier molecular flexibility index (Phi) is 7.62. The smallest absolute Gasteiger partial charge is 0.429 e. The van der Waals surface area contributed by atoms with Crippen LogP contribution >= 0.6 is 0 Å². The average molecular weight is 554 g/mol. The molecule has 0 heterocycles. The van der Waals surface area contributed by atoms with Crippen LogP contribution < -0.4 is 9.47 Å². The Morgan fingerprint density at radius 1 is 0.641 bits per heavy atom. The predicted molar refractivity (Wildman–Crippen MR) is 124 cm³/mol. The summed E-state index contributed by atoms with van der Waals surface area (Å²) in [6.07, 6.45) is -7.19. The summed E-state index contributed by atoms with van der Waals surface area (Å²) in [5, 5.41) is 0. The third kappa shape index (κ3) is 6.02. The molecule has 0 saturated carbocycles. The molecule has 0 atom stereocenters. The summed E-state index contributed by atoms with van der Waals surface area (Å²) < 4.78 is 133. The summed E-state index contributed by atoms with van der Waals surface area (Å²) in [6, 6.07) is 10.5. The topological polar surface area (TPSA) is 18.5 Å². The van der Waals surface area contributed by atoms with Gasteiger partial charge in [0.25, 0.3) is 0 Å². The molecule has 4 aromatic carbocycles. The maximum Gasteiger partial charge on any atom is 0.429 e. The SMILES string of the molecule is Cc1ccc(-c2ccc(C(F)(F)Oc3ccc(-c4cc(F)c(OC(F)=C(F)F)c(F)c4)c(F)c3)c(F)c2)cc1. The van der Waals surface area contributed by atoms with E-state index in [1.54, 1.807) is 24.3 Å². The van der Waals surface area contributed by atoms with Gasteiger partial charge < -0.3 is 9.47 Å². The maximum atomic E-state index is 14.8. The van der Waals surface area contributed by atoms with Crippen LogP contribution in [0.25, 0.3) is 22.3 Å². The fraction of sp³-hybridized carbons (Fsp3) is 0.0714. The molecular formula is C28H15F9O2. The van der Waals surface area contributed by atoms with Gasteiger partial charge in [-0.3, -0.25) is 0 Å². The van der Waals surface area contributed by atoms with Gasteiger partial charge in [0.05, 0.1) is 5.56 Å². The van der Waals surface area contributed by atoms with Crippen LogP contribution in [0.5, 0.6) is 11.5 Å². The molecule has 0 unspecified atom stereocenters. The molecule has 0 bridgehead atoms. The monoisotopic (exact) mass is 554 g/mol. The second-order valence-corrected chi connectivity index (χ2v) is 8.23. The van der Waals surface area contributed by atoms with E-state index in [0.29, 0.717) is 29.3 Å². The first-order chi connectivity index (χ1) is 18.4. The largest absolute Gasteiger partial charge is 0.429 e. The predicted octanol–water partition coefficient (Wildman–Crippen LogP) is 9.43. The number of alkyl halides is 2. The number of benzene rings is 4. The number of ether oxygens (including phenoxy) is 2. The van der Waals surface area contributed by atoms with Gasteiger partial charge in [0.1, 0.15) is 17.4 Å². The lowest BCUT2D eigenvalue weighted by molar-refractivity contribution is -0.187. The van der Waals surface area contributed by atoms with E-state index in [4.69, 9.17) is 0 Å². The Morgan fingerprint density at radius 3 is 1.79 bits per heavy atom. The summed E-state index contributed by atoms with van der Waals surface area (Å²) in [7, 11) is 0. The standard InChI is InChI=1S/C28H15F9O2/c1-14-2-4-15(5-3-14)16-6-9-20(22(30)10-16)28(36,37)39-18-7-8-19(21(29)13-18)17-11-23(31)25(24(32)12-17)38-27(35)26(33)34/h2-13H,1H3. The van der Waals surface area contributed by atoms with Gasteiger partial charge in [0.2, 0.25) is 5.75 Å². The lowest BCUT2D eigenvalue weighted by atomic mass is 10.0. The maximum absolute atomic E-state index is 14.8. The quantitative estimate of drug-likeness (QED) is 0.167. The van der Waals surface area contributed by atoms with E-state index < -0.39 is 69.7 Å². The highest BCUT2D eigenvalue weighted by atomic mass is 19.3. The molecule has 39 heavy (non-hydrogen) atoms. The molecule has 11 heteroatoms. The van der Waals surface area contributed by atoms with Crippen molar-refractivity contribution < 1.29 is 49.0 Å². The van der Waals surface area contributed by atoms with E-state index in [-0.39, 0.29) is 0 Å². The lowest BCUT2D eigenvalue weighted by Gasteiger charge is -2.20. The van der Waals surface area contributed by atoms with E-state index in [9.17, 15) is 39.5 Å². The lowest BCUT2D eigenvalue weighted by Crippen LogP contribution is -2.23. The van der Waals surface area contributed by atoms with E-state index in [2.05, 4.69) is 9.47 Å². The van der Waals surface area contributed by atoms with Gasteiger partial charge in [-0.25, -0.2) is 17.6 Å². The van der Waals surface area contributed by atoms with Gasteiger partial charge >= 0.3 is 18.2 Å². The van der Waals surface area contributed by atoms with E-state index in [0.717, 1.165) is 29.8 Å². The Hall–Kier alpha value is -4.41. The van der Waals surface area contributed by atoms with E-state index in [1.807, 2.05) is 6.92 Å². The van der Waals surface area contributed by atoms with Crippen molar-refractivity contribution in [2.24, 2.45) is 0 Å². The van der Waals surface area contributed by atoms with Crippen molar-refractivity contribution >= 4 is 0 Å². The van der Waals surface area contributed by atoms with Crippen LogP contribution in [0.15, 0.2) is 84.9 Å². The Balaban J connectivity index is 1.57. The summed E-state index contributed by atoms with van der Waals surface area (Å²) in [5.74, 6) is -8.07. The van der Waals surface area contributed by atoms with Crippen LogP contribution in [-0.2, 0) is 6.11 Å². The van der Waals surface area contributed by atoms with Crippen molar-refractivity contribution in [2.45, 2.75) is 13.0 Å². The van der Waals surface area contributed by atoms with Gasteiger partial charge in [-0.2, -0.15) is 22.0 Å². The molecule has 0 aliphatic carbocycles. The van der Waals surface area contributed by atoms with Crippen LogP contribution in [0.4, 0.5) is 39.5 Å². The molecule has 0 aromatic heterocycles. The molecule has 0 amide bonds. The number of hydrogen-bond acceptors (Lipinski definition) is 2. The minimum atomic E-state index is -4.23. The highest BCUT2D eigenvalue weighted by Crippen LogP contribution is 2.37. The second kappa shape index (κ2) is 10.8. The number of aryl methyl sites for hydroxylation is 1. The first kappa shape index (κ1) is 27.6. The molecule has 0 saturated heterocycles. The number of rotatable bonds is 7. The normalized spacial score (nSPS) is 11.3. The van der Waals surface area contributed by atoms with Crippen LogP contribution in [-0.4, -0.2) is 0 Å². The van der Waals surface area contributed by atoms with Crippen molar-refractivity contribution in [2.75, 3.05) is 0 Å². The fourth-order valence-corrected chi connectivity index (χ4v) is 3.61. The molecule has 0 radical (unpaired) electrons. The molecule has 2 nitrogen and oxygen atoms in total. The molecular weight excluding hydrogens is 539 g/mol. The molecule has 202 valence electrons. The van der Waals surface area contributed by atoms with Crippen molar-refractivity contribution in [1.29, 1.82) is 0 Å². The van der Waals surface area contributed by atoms with Crippen molar-refractivity contribution in [1.82, 2.24) is 0 Å². The van der Waals surface area contributed by atoms with Crippen molar-refractivity contribution in [3.63, 3.8) is 0 Å². The molecule has 0 N–H and O–H groups in total. The highest BCUT2D eigenvalue weighted by Gasteiger charge is 2.38. The zero-order chi connectivity index (χ0) is 28.5. The summed E-state index contributed by atoms with van der Waals surface area (Å²) >= 11 is 0. The Morgan fingerprint density at radius 2 is 1.23 bits per heavy atom. The summed E-state index contributed by atoms with van der Waals surface area (Å²) in [4.78, 5) is 0. The Labute approximate surface area is 215 Å². The van der Waals surface area contributed by atoms with E-state index >= 15 is 0 Å². The first-order valence-corrected chi connectivity index (χ1v) is 11.0. The highest BCUT2D eigenvalue weighted by molar-refractivity contribution is 5.67. The zero-order valence-corrected chi connectivity index (χ0v) is 19.6. The molecule has 4 rings (SSSR count). The van der Waals surface area contributed by atoms with Gasteiger partial charge in [-0.05, 0) is 60.0 Å². The fourth-order valence-electron chi connectivity index (χ4n) is 3.61. The minimum absolute atomic E-state index is 0.340. The van der Waals surface area contributed by atoms with Crippen LogP contribution in [0.1, 0.15) is 11.1 Å². The minimum Gasteiger partial charge on any atom is -0.429 e. The molecule has 0 spiro atoms. The molecule has 0 aliphatic heterocycles. The van der Waals surface area contributed by atoms with Gasteiger partial charge in [-0.1, -0.05) is 35.9 Å². The average Bonchev–Trinajstić information content (AvgIpc) is 2.86. The third-order valence-corrected chi connectivity index (χ3v) is 5.50. The van der Waals surface area contributed by atoms with E-state index in [1.165, 1.54) is 6.07 Å². The van der Waals surface area contributed by atoms with Crippen LogP contribution in [0, 0.1) is 30.2 Å². The summed E-state index contributed by atoms with van der Waals surface area (Å²) in [5.41, 5.74) is -0.224. The van der Waals surface area contributed by atoms with Gasteiger partial charge in [0.15, 0.2) is 11.6 Å². The number of hydrogen-bond donors (Lipinski definition) is 0. The molecule has 0 aliphatic rings. The van der Waals surface area contributed by atoms with Crippen molar-refractivity contribution in [3.8, 4) is 33.8 Å². The molecule has 0 fully saturated rings. The van der Waals surface area contributed by atoms with Gasteiger partial charge in [0, 0.05) is 11.6 Å². The zero-order valence-electron chi connectivity index (χ0n) is 19.6. The third-order valence-electron chi connectivity index (χ3n) is 5.50. The summed E-state index contributed by atoms with van der Waals surface area (Å²) in [6.45, 7) is 1.85. The number of halogens is 9. The molecule has 4 aromatic rings. The second-order valence-electron chi connectivity index (χ2n) is 8.23. The van der Waals surface area contributed by atoms with Gasteiger partial charge in [-0.15, -0.1) is 0 Å². The van der Waals surface area contributed by atoms with Crippen molar-refractivity contribution in [3.05, 3.63) is 119 Å². The Bertz CT molecular complexity index is 1540.